The van der Waals surface area contributed by atoms with Crippen molar-refractivity contribution in [3.8, 4) is 5.75 Å². The minimum Gasteiger partial charge on any atom is -0.488 e. The van der Waals surface area contributed by atoms with Crippen LogP contribution in [0.5, 0.6) is 5.75 Å². The van der Waals surface area contributed by atoms with E-state index in [-0.39, 0.29) is 12.3 Å². The van der Waals surface area contributed by atoms with Crippen LogP contribution in [0.3, 0.4) is 0 Å². The van der Waals surface area contributed by atoms with Crippen molar-refractivity contribution in [1.82, 2.24) is 14.9 Å². The number of halogens is 2. The summed E-state index contributed by atoms with van der Waals surface area (Å²) in [5.74, 6) is 0.423. The molecule has 2 aromatic carbocycles. The topological polar surface area (TPSA) is 82.2 Å². The Balaban J connectivity index is 1.53. The average molecular weight is 497 g/mol. The van der Waals surface area contributed by atoms with Crippen LogP contribution in [0.2, 0.25) is 5.02 Å². The van der Waals surface area contributed by atoms with Gasteiger partial charge in [-0.05, 0) is 69.5 Å². The number of anilines is 1. The van der Waals surface area contributed by atoms with Crippen LogP contribution in [-0.4, -0.2) is 20.8 Å². The molecule has 0 bridgehead atoms. The quantitative estimate of drug-likeness (QED) is 0.335. The molecule has 0 aliphatic heterocycles. The Morgan fingerprint density at radius 3 is 2.69 bits per heavy atom. The predicted molar refractivity (Wildman–Crippen MR) is 132 cm³/mol. The molecule has 9 heteroatoms. The third-order valence-electron chi connectivity index (χ3n) is 6.08. The summed E-state index contributed by atoms with van der Waals surface area (Å²) in [7, 11) is 0. The van der Waals surface area contributed by atoms with Crippen LogP contribution in [0.15, 0.2) is 40.9 Å². The van der Waals surface area contributed by atoms with Crippen molar-refractivity contribution in [2.75, 3.05) is 5.32 Å². The number of rotatable bonds is 7. The summed E-state index contributed by atoms with van der Waals surface area (Å²) in [5, 5.41) is 11.7. The van der Waals surface area contributed by atoms with Gasteiger partial charge in [0.25, 0.3) is 5.91 Å². The van der Waals surface area contributed by atoms with Crippen molar-refractivity contribution in [2.24, 2.45) is 0 Å². The van der Waals surface area contributed by atoms with Crippen LogP contribution in [0, 0.1) is 40.4 Å². The maximum absolute atomic E-state index is 13.4. The second-order valence-corrected chi connectivity index (χ2v) is 8.85. The smallest absolute Gasteiger partial charge is 0.278 e. The standard InChI is InChI=1S/C26H26ClFN4O3/c1-14-7-6-8-23(15(14)2)34-13-21-18(5)35-31-25(21)26(33)29-24-16(3)30-32(17(24)4)12-19-9-10-20(28)11-22(19)27/h6-11H,12-13H2,1-5H3,(H,29,33). The number of nitrogens with one attached hydrogen (secondary N) is 1. The highest BCUT2D eigenvalue weighted by Crippen LogP contribution is 2.26. The SMILES string of the molecule is Cc1cccc(OCc2c(C(=O)Nc3c(C)nn(Cc4ccc(F)cc4Cl)c3C)noc2C)c1C. The molecular weight excluding hydrogens is 471 g/mol. The van der Waals surface area contributed by atoms with Gasteiger partial charge in [-0.25, -0.2) is 4.39 Å². The van der Waals surface area contributed by atoms with Gasteiger partial charge in [0, 0.05) is 5.02 Å². The predicted octanol–water partition coefficient (Wildman–Crippen LogP) is 6.09. The molecule has 0 aliphatic carbocycles. The zero-order valence-electron chi connectivity index (χ0n) is 20.2. The number of hydrogen-bond acceptors (Lipinski definition) is 5. The van der Waals surface area contributed by atoms with E-state index in [1.54, 1.807) is 24.6 Å². The molecule has 0 aliphatic rings. The molecule has 0 atom stereocenters. The van der Waals surface area contributed by atoms with Gasteiger partial charge in [-0.1, -0.05) is 35.0 Å². The van der Waals surface area contributed by atoms with Crippen LogP contribution in [0.1, 0.15) is 49.9 Å². The van der Waals surface area contributed by atoms with Crippen LogP contribution in [-0.2, 0) is 13.2 Å². The zero-order chi connectivity index (χ0) is 25.3. The molecule has 4 rings (SSSR count). The fourth-order valence-electron chi connectivity index (χ4n) is 3.79. The Morgan fingerprint density at radius 2 is 1.94 bits per heavy atom. The van der Waals surface area contributed by atoms with Crippen molar-refractivity contribution >= 4 is 23.2 Å². The summed E-state index contributed by atoms with van der Waals surface area (Å²) in [4.78, 5) is 13.2. The van der Waals surface area contributed by atoms with Gasteiger partial charge in [0.15, 0.2) is 5.69 Å². The number of benzene rings is 2. The number of hydrogen-bond donors (Lipinski definition) is 1. The van der Waals surface area contributed by atoms with Gasteiger partial charge in [0.1, 0.15) is 23.9 Å². The molecule has 7 nitrogen and oxygen atoms in total. The molecule has 182 valence electrons. The van der Waals surface area contributed by atoms with Gasteiger partial charge in [0.05, 0.1) is 29.2 Å². The molecular formula is C26H26ClFN4O3. The number of carbonyl (C=O) groups excluding carboxylic acids is 1. The van der Waals surface area contributed by atoms with Crippen molar-refractivity contribution in [2.45, 2.75) is 47.8 Å². The molecule has 0 saturated heterocycles. The van der Waals surface area contributed by atoms with Gasteiger partial charge in [-0.15, -0.1) is 0 Å². The van der Waals surface area contributed by atoms with Crippen LogP contribution < -0.4 is 10.1 Å². The van der Waals surface area contributed by atoms with E-state index in [0.29, 0.717) is 34.3 Å². The molecule has 1 amide bonds. The van der Waals surface area contributed by atoms with E-state index in [2.05, 4.69) is 15.6 Å². The molecule has 0 saturated carbocycles. The van der Waals surface area contributed by atoms with E-state index in [1.165, 1.54) is 12.1 Å². The first-order valence-corrected chi connectivity index (χ1v) is 11.5. The summed E-state index contributed by atoms with van der Waals surface area (Å²) in [6.45, 7) is 9.85. The lowest BCUT2D eigenvalue weighted by Gasteiger charge is -2.11. The number of aryl methyl sites for hydroxylation is 3. The summed E-state index contributed by atoms with van der Waals surface area (Å²) >= 11 is 6.17. The summed E-state index contributed by atoms with van der Waals surface area (Å²) < 4.78 is 26.4. The Labute approximate surface area is 207 Å². The van der Waals surface area contributed by atoms with Crippen molar-refractivity contribution in [3.63, 3.8) is 0 Å². The molecule has 2 heterocycles. The van der Waals surface area contributed by atoms with E-state index in [4.69, 9.17) is 20.9 Å². The monoisotopic (exact) mass is 496 g/mol. The van der Waals surface area contributed by atoms with Gasteiger partial charge >= 0.3 is 0 Å². The third kappa shape index (κ3) is 5.07. The number of amides is 1. The van der Waals surface area contributed by atoms with Gasteiger partial charge in [-0.3, -0.25) is 9.48 Å². The first kappa shape index (κ1) is 24.5. The van der Waals surface area contributed by atoms with Gasteiger partial charge < -0.3 is 14.6 Å². The second-order valence-electron chi connectivity index (χ2n) is 8.45. The molecule has 0 unspecified atom stereocenters. The largest absolute Gasteiger partial charge is 0.488 e. The lowest BCUT2D eigenvalue weighted by atomic mass is 10.1. The zero-order valence-corrected chi connectivity index (χ0v) is 21.0. The van der Waals surface area contributed by atoms with Crippen LogP contribution >= 0.6 is 11.6 Å². The maximum atomic E-state index is 13.4. The Hall–Kier alpha value is -3.65. The lowest BCUT2D eigenvalue weighted by Crippen LogP contribution is -2.16. The van der Waals surface area contributed by atoms with E-state index < -0.39 is 11.7 Å². The van der Waals surface area contributed by atoms with Crippen LogP contribution in [0.25, 0.3) is 0 Å². The fourth-order valence-corrected chi connectivity index (χ4v) is 4.01. The average Bonchev–Trinajstić information content (AvgIpc) is 3.30. The van der Waals surface area contributed by atoms with Crippen molar-refractivity contribution < 1.29 is 18.4 Å². The fraction of sp³-hybridized carbons (Fsp3) is 0.269. The van der Waals surface area contributed by atoms with E-state index in [9.17, 15) is 9.18 Å². The van der Waals surface area contributed by atoms with Crippen LogP contribution in [0.4, 0.5) is 10.1 Å². The Kier molecular flexibility index (Phi) is 6.93. The Bertz CT molecular complexity index is 1410. The molecule has 35 heavy (non-hydrogen) atoms. The molecule has 0 spiro atoms. The molecule has 2 aromatic heterocycles. The highest BCUT2D eigenvalue weighted by molar-refractivity contribution is 6.31. The highest BCUT2D eigenvalue weighted by Gasteiger charge is 2.23. The van der Waals surface area contributed by atoms with Crippen molar-refractivity contribution in [1.29, 1.82) is 0 Å². The third-order valence-corrected chi connectivity index (χ3v) is 6.43. The molecule has 1 N–H and O–H groups in total. The molecule has 4 aromatic rings. The van der Waals surface area contributed by atoms with E-state index in [0.717, 1.165) is 28.1 Å². The number of aromatic nitrogens is 3. The van der Waals surface area contributed by atoms with Gasteiger partial charge in [0.2, 0.25) is 0 Å². The minimum atomic E-state index is -0.424. The first-order valence-electron chi connectivity index (χ1n) is 11.1. The normalized spacial score (nSPS) is 11.1. The van der Waals surface area contributed by atoms with Gasteiger partial charge in [-0.2, -0.15) is 5.10 Å². The lowest BCUT2D eigenvalue weighted by molar-refractivity contribution is 0.101. The highest BCUT2D eigenvalue weighted by atomic mass is 35.5. The molecule has 0 fully saturated rings. The van der Waals surface area contributed by atoms with Crippen molar-refractivity contribution in [3.05, 3.63) is 92.3 Å². The Morgan fingerprint density at radius 1 is 1.17 bits per heavy atom. The number of ether oxygens (including phenoxy) is 1. The molecule has 0 radical (unpaired) electrons. The summed E-state index contributed by atoms with van der Waals surface area (Å²) in [6, 6.07) is 10.1. The number of carbonyl (C=O) groups is 1. The summed E-state index contributed by atoms with van der Waals surface area (Å²) in [5.41, 5.74) is 5.52. The minimum absolute atomic E-state index is 0.142. The first-order chi connectivity index (χ1) is 16.7. The summed E-state index contributed by atoms with van der Waals surface area (Å²) in [6.07, 6.45) is 0. The number of nitrogens with zero attached hydrogens (tertiary/aromatic N) is 3. The van der Waals surface area contributed by atoms with E-state index in [1.807, 2.05) is 39.0 Å². The van der Waals surface area contributed by atoms with E-state index >= 15 is 0 Å². The second kappa shape index (κ2) is 9.92. The maximum Gasteiger partial charge on any atom is 0.278 e.